The number of aromatic nitrogens is 1. The minimum atomic E-state index is 0.157. The molecule has 2 fully saturated rings. The fourth-order valence-corrected chi connectivity index (χ4v) is 3.70. The third-order valence-electron chi connectivity index (χ3n) is 4.99. The highest BCUT2D eigenvalue weighted by Crippen LogP contribution is 2.26. The van der Waals surface area contributed by atoms with Crippen molar-refractivity contribution in [1.29, 1.82) is 0 Å². The number of carbonyl (C=O) groups excluding carboxylic acids is 1. The van der Waals surface area contributed by atoms with Crippen molar-refractivity contribution in [3.63, 3.8) is 0 Å². The molecule has 0 radical (unpaired) electrons. The van der Waals surface area contributed by atoms with Gasteiger partial charge in [-0.1, -0.05) is 19.3 Å². The van der Waals surface area contributed by atoms with Crippen LogP contribution in [0.1, 0.15) is 44.1 Å². The fourth-order valence-electron chi connectivity index (χ4n) is 3.70. The first-order valence-corrected chi connectivity index (χ1v) is 8.57. The van der Waals surface area contributed by atoms with Gasteiger partial charge < -0.3 is 10.1 Å². The molecule has 120 valence electrons. The van der Waals surface area contributed by atoms with Crippen LogP contribution in [0, 0.1) is 11.8 Å². The summed E-state index contributed by atoms with van der Waals surface area (Å²) < 4.78 is 5.60. The molecular weight excluding hydrogens is 276 g/mol. The summed E-state index contributed by atoms with van der Waals surface area (Å²) >= 11 is 0. The molecule has 1 saturated carbocycles. The van der Waals surface area contributed by atoms with E-state index in [1.807, 2.05) is 24.5 Å². The lowest BCUT2D eigenvalue weighted by Gasteiger charge is -2.23. The van der Waals surface area contributed by atoms with Gasteiger partial charge >= 0.3 is 0 Å². The zero-order valence-electron chi connectivity index (χ0n) is 13.2. The average molecular weight is 302 g/mol. The standard InChI is InChI=1S/C18H26N2O2/c21-18(11-14-4-2-1-3-5-14)20-17-13-22-12-16(17)10-15-6-8-19-9-7-15/h6-9,14,16-17H,1-5,10-13H2,(H,20,21)/t16-,17-/m1/s1. The highest BCUT2D eigenvalue weighted by atomic mass is 16.5. The van der Waals surface area contributed by atoms with Crippen LogP contribution in [0.5, 0.6) is 0 Å². The molecule has 1 aromatic heterocycles. The second-order valence-corrected chi connectivity index (χ2v) is 6.74. The van der Waals surface area contributed by atoms with Gasteiger partial charge in [-0.2, -0.15) is 0 Å². The van der Waals surface area contributed by atoms with Crippen LogP contribution in [0.15, 0.2) is 24.5 Å². The van der Waals surface area contributed by atoms with E-state index in [1.54, 1.807) is 0 Å². The molecule has 0 unspecified atom stereocenters. The van der Waals surface area contributed by atoms with Gasteiger partial charge in [0.05, 0.1) is 19.3 Å². The zero-order valence-corrected chi connectivity index (χ0v) is 13.2. The topological polar surface area (TPSA) is 51.2 Å². The van der Waals surface area contributed by atoms with E-state index in [9.17, 15) is 4.79 Å². The van der Waals surface area contributed by atoms with Gasteiger partial charge in [0.15, 0.2) is 0 Å². The highest BCUT2D eigenvalue weighted by Gasteiger charge is 2.30. The molecule has 2 aliphatic rings. The Morgan fingerprint density at radius 1 is 1.18 bits per heavy atom. The molecule has 1 aliphatic carbocycles. The lowest BCUT2D eigenvalue weighted by Crippen LogP contribution is -2.41. The van der Waals surface area contributed by atoms with Gasteiger partial charge in [0, 0.05) is 24.7 Å². The Bertz CT molecular complexity index is 471. The van der Waals surface area contributed by atoms with E-state index in [2.05, 4.69) is 10.3 Å². The van der Waals surface area contributed by atoms with Crippen LogP contribution in [-0.2, 0) is 16.0 Å². The van der Waals surface area contributed by atoms with Gasteiger partial charge in [-0.05, 0) is 42.9 Å². The summed E-state index contributed by atoms with van der Waals surface area (Å²) in [5.41, 5.74) is 1.26. The van der Waals surface area contributed by atoms with Gasteiger partial charge in [0.2, 0.25) is 5.91 Å². The van der Waals surface area contributed by atoms with E-state index in [1.165, 1.54) is 37.7 Å². The Morgan fingerprint density at radius 2 is 1.95 bits per heavy atom. The molecule has 1 saturated heterocycles. The van der Waals surface area contributed by atoms with Crippen LogP contribution in [0.25, 0.3) is 0 Å². The predicted octanol–water partition coefficient (Wildman–Crippen LogP) is 2.73. The Morgan fingerprint density at radius 3 is 2.73 bits per heavy atom. The molecule has 0 spiro atoms. The van der Waals surface area contributed by atoms with Gasteiger partial charge in [0.25, 0.3) is 0 Å². The van der Waals surface area contributed by atoms with E-state index in [4.69, 9.17) is 4.74 Å². The smallest absolute Gasteiger partial charge is 0.220 e. The summed E-state index contributed by atoms with van der Waals surface area (Å²) in [5, 5.41) is 3.22. The monoisotopic (exact) mass is 302 g/mol. The van der Waals surface area contributed by atoms with Crippen molar-refractivity contribution in [2.75, 3.05) is 13.2 Å². The summed E-state index contributed by atoms with van der Waals surface area (Å²) in [6.07, 6.45) is 11.6. The van der Waals surface area contributed by atoms with Crippen LogP contribution in [0.3, 0.4) is 0 Å². The Kier molecular flexibility index (Phi) is 5.43. The first-order valence-electron chi connectivity index (χ1n) is 8.57. The molecule has 2 atom stereocenters. The van der Waals surface area contributed by atoms with Crippen molar-refractivity contribution >= 4 is 5.91 Å². The van der Waals surface area contributed by atoms with E-state index in [0.717, 1.165) is 13.0 Å². The lowest BCUT2D eigenvalue weighted by atomic mass is 9.86. The molecular formula is C18H26N2O2. The number of hydrogen-bond acceptors (Lipinski definition) is 3. The van der Waals surface area contributed by atoms with E-state index in [0.29, 0.717) is 24.9 Å². The molecule has 0 bridgehead atoms. The molecule has 2 heterocycles. The van der Waals surface area contributed by atoms with Crippen molar-refractivity contribution < 1.29 is 9.53 Å². The number of nitrogens with one attached hydrogen (secondary N) is 1. The van der Waals surface area contributed by atoms with Crippen LogP contribution < -0.4 is 5.32 Å². The summed E-state index contributed by atoms with van der Waals surface area (Å²) in [7, 11) is 0. The van der Waals surface area contributed by atoms with Gasteiger partial charge in [-0.15, -0.1) is 0 Å². The maximum absolute atomic E-state index is 12.3. The summed E-state index contributed by atoms with van der Waals surface area (Å²) in [6.45, 7) is 1.38. The summed E-state index contributed by atoms with van der Waals surface area (Å²) in [6, 6.07) is 4.24. The number of amides is 1. The molecule has 0 aromatic carbocycles. The Hall–Kier alpha value is -1.42. The summed E-state index contributed by atoms with van der Waals surface area (Å²) in [5.74, 6) is 1.18. The molecule has 1 N–H and O–H groups in total. The van der Waals surface area contributed by atoms with E-state index in [-0.39, 0.29) is 11.9 Å². The molecule has 4 heteroatoms. The van der Waals surface area contributed by atoms with Crippen molar-refractivity contribution in [1.82, 2.24) is 10.3 Å². The first kappa shape index (κ1) is 15.5. The number of pyridine rings is 1. The van der Waals surface area contributed by atoms with Gasteiger partial charge in [-0.3, -0.25) is 9.78 Å². The van der Waals surface area contributed by atoms with Crippen molar-refractivity contribution in [2.24, 2.45) is 11.8 Å². The number of hydrogen-bond donors (Lipinski definition) is 1. The SMILES string of the molecule is O=C(CC1CCCCC1)N[C@@H]1COC[C@H]1Cc1ccncc1. The zero-order chi connectivity index (χ0) is 15.2. The Balaban J connectivity index is 1.49. The summed E-state index contributed by atoms with van der Waals surface area (Å²) in [4.78, 5) is 16.3. The predicted molar refractivity (Wildman–Crippen MR) is 85.4 cm³/mol. The largest absolute Gasteiger partial charge is 0.379 e. The highest BCUT2D eigenvalue weighted by molar-refractivity contribution is 5.76. The van der Waals surface area contributed by atoms with Crippen LogP contribution in [0.2, 0.25) is 0 Å². The minimum absolute atomic E-state index is 0.157. The Labute approximate surface area is 132 Å². The van der Waals surface area contributed by atoms with Gasteiger partial charge in [0.1, 0.15) is 0 Å². The van der Waals surface area contributed by atoms with E-state index >= 15 is 0 Å². The van der Waals surface area contributed by atoms with E-state index < -0.39 is 0 Å². The molecule has 1 aliphatic heterocycles. The van der Waals surface area contributed by atoms with Crippen LogP contribution in [-0.4, -0.2) is 30.1 Å². The second-order valence-electron chi connectivity index (χ2n) is 6.74. The molecule has 3 rings (SSSR count). The number of ether oxygens (including phenoxy) is 1. The lowest BCUT2D eigenvalue weighted by molar-refractivity contribution is -0.123. The maximum atomic E-state index is 12.3. The maximum Gasteiger partial charge on any atom is 0.220 e. The van der Waals surface area contributed by atoms with Crippen molar-refractivity contribution in [3.05, 3.63) is 30.1 Å². The molecule has 1 amide bonds. The minimum Gasteiger partial charge on any atom is -0.379 e. The number of nitrogens with zero attached hydrogens (tertiary/aromatic N) is 1. The number of carbonyl (C=O) groups is 1. The molecule has 22 heavy (non-hydrogen) atoms. The molecule has 4 nitrogen and oxygen atoms in total. The second kappa shape index (κ2) is 7.73. The van der Waals surface area contributed by atoms with Gasteiger partial charge in [-0.25, -0.2) is 0 Å². The fraction of sp³-hybridized carbons (Fsp3) is 0.667. The van der Waals surface area contributed by atoms with Crippen LogP contribution in [0.4, 0.5) is 0 Å². The number of rotatable bonds is 5. The molecule has 1 aromatic rings. The van der Waals surface area contributed by atoms with Crippen molar-refractivity contribution in [2.45, 2.75) is 51.0 Å². The quantitative estimate of drug-likeness (QED) is 0.910. The first-order chi connectivity index (χ1) is 10.8. The van der Waals surface area contributed by atoms with Crippen molar-refractivity contribution in [3.8, 4) is 0 Å². The third-order valence-corrected chi connectivity index (χ3v) is 4.99. The third kappa shape index (κ3) is 4.29. The normalized spacial score (nSPS) is 26.0. The van der Waals surface area contributed by atoms with Crippen LogP contribution >= 0.6 is 0 Å². The average Bonchev–Trinajstić information content (AvgIpc) is 2.96.